The lowest BCUT2D eigenvalue weighted by Gasteiger charge is -2.63. The first-order valence-corrected chi connectivity index (χ1v) is 16.2. The highest BCUT2D eigenvalue weighted by Crippen LogP contribution is 2.89. The van der Waals surface area contributed by atoms with E-state index in [1.165, 1.54) is 6.42 Å². The molecule has 13 atom stereocenters. The highest BCUT2D eigenvalue weighted by atomic mass is 16.7. The number of fused-ring (bicyclic) bond motifs is 2. The Labute approximate surface area is 240 Å². The van der Waals surface area contributed by atoms with E-state index in [0.717, 1.165) is 51.6 Å². The van der Waals surface area contributed by atoms with Crippen molar-refractivity contribution < 1.29 is 24.1 Å². The van der Waals surface area contributed by atoms with Crippen molar-refractivity contribution in [3.05, 3.63) is 0 Å². The number of ether oxygens (including phenoxy) is 3. The highest BCUT2D eigenvalue weighted by Gasteiger charge is 2.87. The minimum atomic E-state index is -0.623. The van der Waals surface area contributed by atoms with Crippen molar-refractivity contribution in [2.45, 2.75) is 116 Å². The quantitative estimate of drug-likeness (QED) is 0.486. The number of amides is 1. The molecule has 13 unspecified atom stereocenters. The van der Waals surface area contributed by atoms with E-state index < -0.39 is 11.6 Å². The van der Waals surface area contributed by atoms with E-state index in [9.17, 15) is 9.90 Å². The van der Waals surface area contributed by atoms with Crippen LogP contribution in [0.4, 0.5) is 0 Å². The molecule has 0 aromatic rings. The van der Waals surface area contributed by atoms with E-state index >= 15 is 0 Å². The molecule has 40 heavy (non-hydrogen) atoms. The van der Waals surface area contributed by atoms with Crippen LogP contribution < -0.4 is 11.1 Å². The molecule has 226 valence electrons. The number of morpholine rings is 1. The predicted octanol–water partition coefficient (Wildman–Crippen LogP) is 2.91. The van der Waals surface area contributed by atoms with Gasteiger partial charge in [0.1, 0.15) is 0 Å². The topological polar surface area (TPSA) is 106 Å². The van der Waals surface area contributed by atoms with E-state index in [2.05, 4.69) is 44.8 Å². The summed E-state index contributed by atoms with van der Waals surface area (Å²) < 4.78 is 18.9. The van der Waals surface area contributed by atoms with E-state index in [4.69, 9.17) is 19.9 Å². The summed E-state index contributed by atoms with van der Waals surface area (Å²) in [6.07, 6.45) is 6.57. The van der Waals surface area contributed by atoms with Crippen LogP contribution >= 0.6 is 0 Å². The largest absolute Gasteiger partial charge is 0.388 e. The van der Waals surface area contributed by atoms with Crippen LogP contribution in [0.2, 0.25) is 0 Å². The van der Waals surface area contributed by atoms with Gasteiger partial charge in [0.25, 0.3) is 0 Å². The molecule has 8 nitrogen and oxygen atoms in total. The normalized spacial score (nSPS) is 57.0. The minimum absolute atomic E-state index is 0.0104. The molecule has 7 fully saturated rings. The Morgan fingerprint density at radius 1 is 1.05 bits per heavy atom. The summed E-state index contributed by atoms with van der Waals surface area (Å²) in [7, 11) is 1.74. The number of hydrogen-bond donors (Lipinski definition) is 3. The Hall–Kier alpha value is -0.770. The van der Waals surface area contributed by atoms with Crippen molar-refractivity contribution in [1.29, 1.82) is 0 Å². The summed E-state index contributed by atoms with van der Waals surface area (Å²) >= 11 is 0. The first kappa shape index (κ1) is 28.0. The smallest absolute Gasteiger partial charge is 0.237 e. The summed E-state index contributed by atoms with van der Waals surface area (Å²) in [6.45, 7) is 14.8. The molecular formula is C32H53N3O5. The van der Waals surface area contributed by atoms with Crippen LogP contribution in [0, 0.1) is 45.3 Å². The number of aliphatic hydroxyl groups is 1. The van der Waals surface area contributed by atoms with Gasteiger partial charge in [0.15, 0.2) is 6.29 Å². The molecule has 0 aromatic carbocycles. The fourth-order valence-corrected chi connectivity index (χ4v) is 12.7. The van der Waals surface area contributed by atoms with Crippen molar-refractivity contribution in [2.75, 3.05) is 33.4 Å². The predicted molar refractivity (Wildman–Crippen MR) is 151 cm³/mol. The number of nitrogens with zero attached hydrogens (tertiary/aromatic N) is 1. The number of hydrogen-bond acceptors (Lipinski definition) is 7. The number of nitrogens with one attached hydrogen (secondary N) is 1. The Morgan fingerprint density at radius 2 is 1.77 bits per heavy atom. The maximum atomic E-state index is 12.3. The van der Waals surface area contributed by atoms with E-state index in [0.29, 0.717) is 30.9 Å². The van der Waals surface area contributed by atoms with Crippen molar-refractivity contribution in [3.63, 3.8) is 0 Å². The molecule has 2 saturated heterocycles. The number of carbonyl (C=O) groups excluding carboxylic acids is 1. The molecule has 0 aromatic heterocycles. The van der Waals surface area contributed by atoms with Gasteiger partial charge in [-0.3, -0.25) is 9.69 Å². The zero-order valence-electron chi connectivity index (χ0n) is 25.6. The molecule has 7 rings (SSSR count). The lowest BCUT2D eigenvalue weighted by Crippen LogP contribution is -2.70. The zero-order chi connectivity index (χ0) is 28.5. The van der Waals surface area contributed by atoms with Crippen LogP contribution in [0.1, 0.15) is 79.6 Å². The van der Waals surface area contributed by atoms with Crippen LogP contribution in [0.25, 0.3) is 0 Å². The summed E-state index contributed by atoms with van der Waals surface area (Å²) in [6, 6.07) is -0.0491. The van der Waals surface area contributed by atoms with Crippen molar-refractivity contribution in [1.82, 2.24) is 10.2 Å². The SMILES string of the molecule is COC1C(C)C2(C)CCC34C(CCC5C(C)(C)C(OC6CN(C7CCNC7=O)CCO6)CCC53C4C)C2(N)C1O. The minimum Gasteiger partial charge on any atom is -0.388 e. The standard InChI is InChI=1S/C32H53N3O5/c1-18-25(38-6)26(36)32(33)22-8-7-21-28(3,4)23(9-11-30(21)19(2)31(22,30)13-12-29(18,32)5)40-24-17-35(15-16-39-24)20-10-14-34-27(20)37/h18-26,36H,7-17,33H2,1-6H3,(H,34,37). The van der Waals surface area contributed by atoms with Crippen LogP contribution in [0.15, 0.2) is 0 Å². The summed E-state index contributed by atoms with van der Waals surface area (Å²) in [5.74, 6) is 1.87. The van der Waals surface area contributed by atoms with Gasteiger partial charge in [-0.1, -0.05) is 34.6 Å². The molecule has 7 aliphatic rings. The Bertz CT molecular complexity index is 1060. The van der Waals surface area contributed by atoms with Gasteiger partial charge in [-0.2, -0.15) is 0 Å². The van der Waals surface area contributed by atoms with E-state index in [1.807, 2.05) is 0 Å². The maximum absolute atomic E-state index is 12.3. The molecule has 2 aliphatic heterocycles. The van der Waals surface area contributed by atoms with Gasteiger partial charge < -0.3 is 30.4 Å². The van der Waals surface area contributed by atoms with E-state index in [1.54, 1.807) is 7.11 Å². The third-order valence-electron chi connectivity index (χ3n) is 14.9. The lowest BCUT2D eigenvalue weighted by atomic mass is 9.44. The maximum Gasteiger partial charge on any atom is 0.237 e. The molecule has 5 saturated carbocycles. The molecule has 0 bridgehead atoms. The number of methoxy groups -OCH3 is 1. The van der Waals surface area contributed by atoms with Crippen LogP contribution in [0.3, 0.4) is 0 Å². The summed E-state index contributed by atoms with van der Waals surface area (Å²) in [4.78, 5) is 14.6. The second kappa shape index (κ2) is 8.88. The first-order valence-electron chi connectivity index (χ1n) is 16.2. The van der Waals surface area contributed by atoms with Crippen LogP contribution in [-0.4, -0.2) is 85.4 Å². The number of carbonyl (C=O) groups is 1. The number of aliphatic hydroxyl groups excluding tert-OH is 1. The molecule has 2 spiro atoms. The first-order chi connectivity index (χ1) is 18.9. The lowest BCUT2D eigenvalue weighted by molar-refractivity contribution is -0.248. The zero-order valence-corrected chi connectivity index (χ0v) is 25.6. The van der Waals surface area contributed by atoms with Gasteiger partial charge in [-0.25, -0.2) is 0 Å². The molecule has 8 heteroatoms. The van der Waals surface area contributed by atoms with Gasteiger partial charge in [-0.05, 0) is 90.3 Å². The van der Waals surface area contributed by atoms with Gasteiger partial charge in [0, 0.05) is 20.2 Å². The van der Waals surface area contributed by atoms with Crippen molar-refractivity contribution in [3.8, 4) is 0 Å². The third kappa shape index (κ3) is 3.12. The van der Waals surface area contributed by atoms with Crippen molar-refractivity contribution in [2.24, 2.45) is 51.1 Å². The van der Waals surface area contributed by atoms with Crippen LogP contribution in [0.5, 0.6) is 0 Å². The summed E-state index contributed by atoms with van der Waals surface area (Å²) in [5.41, 5.74) is 7.28. The third-order valence-corrected chi connectivity index (χ3v) is 14.9. The monoisotopic (exact) mass is 559 g/mol. The molecule has 0 radical (unpaired) electrons. The molecule has 4 N–H and O–H groups in total. The average Bonchev–Trinajstić information content (AvgIpc) is 3.14. The Kier molecular flexibility index (Phi) is 6.22. The second-order valence-corrected chi connectivity index (χ2v) is 15.6. The number of nitrogens with two attached hydrogens (primary N) is 1. The summed E-state index contributed by atoms with van der Waals surface area (Å²) in [5, 5.41) is 14.7. The number of rotatable bonds is 4. The van der Waals surface area contributed by atoms with E-state index in [-0.39, 0.29) is 58.0 Å². The fourth-order valence-electron chi connectivity index (χ4n) is 12.7. The Balaban J connectivity index is 1.13. The van der Waals surface area contributed by atoms with Gasteiger partial charge >= 0.3 is 0 Å². The highest BCUT2D eigenvalue weighted by molar-refractivity contribution is 5.83. The van der Waals surface area contributed by atoms with Gasteiger partial charge in [0.2, 0.25) is 5.91 Å². The van der Waals surface area contributed by atoms with Crippen LogP contribution in [-0.2, 0) is 19.0 Å². The van der Waals surface area contributed by atoms with Gasteiger partial charge in [-0.15, -0.1) is 0 Å². The Morgan fingerprint density at radius 3 is 2.48 bits per heavy atom. The fraction of sp³-hybridized carbons (Fsp3) is 0.969. The molecule has 2 heterocycles. The van der Waals surface area contributed by atoms with Gasteiger partial charge in [0.05, 0.1) is 43.0 Å². The van der Waals surface area contributed by atoms with Crippen molar-refractivity contribution >= 4 is 5.91 Å². The second-order valence-electron chi connectivity index (χ2n) is 15.6. The molecular weight excluding hydrogens is 506 g/mol. The average molecular weight is 560 g/mol. The molecule has 5 aliphatic carbocycles. The molecule has 1 amide bonds.